The van der Waals surface area contributed by atoms with E-state index in [9.17, 15) is 4.79 Å². The molecule has 0 spiro atoms. The number of carbonyl (C=O) groups is 1. The zero-order chi connectivity index (χ0) is 11.6. The normalized spacial score (nSPS) is 19.6. The third kappa shape index (κ3) is 2.14. The van der Waals surface area contributed by atoms with Crippen molar-refractivity contribution < 1.29 is 4.79 Å². The Kier molecular flexibility index (Phi) is 3.05. The SMILES string of the molecule is Cn1ncnc1CC(=O)C1(C)CCNCC1. The number of aryl methyl sites for hydroxylation is 1. The number of hydrogen-bond donors (Lipinski definition) is 1. The minimum absolute atomic E-state index is 0.183. The van der Waals surface area contributed by atoms with Gasteiger partial charge in [-0.2, -0.15) is 5.10 Å². The predicted octanol–water partition coefficient (Wildman–Crippen LogP) is 0.316. The van der Waals surface area contributed by atoms with Crippen LogP contribution in [0.1, 0.15) is 25.6 Å². The number of rotatable bonds is 3. The fourth-order valence-corrected chi connectivity index (χ4v) is 2.09. The minimum Gasteiger partial charge on any atom is -0.317 e. The standard InChI is InChI=1S/C11H18N4O/c1-11(3-5-12-6-4-11)9(16)7-10-13-8-14-15(10)2/h8,12H,3-7H2,1-2H3. The summed E-state index contributed by atoms with van der Waals surface area (Å²) in [5.41, 5.74) is -0.183. The van der Waals surface area contributed by atoms with Crippen LogP contribution in [0.15, 0.2) is 6.33 Å². The van der Waals surface area contributed by atoms with Gasteiger partial charge in [-0.1, -0.05) is 6.92 Å². The Morgan fingerprint density at radius 1 is 1.56 bits per heavy atom. The largest absolute Gasteiger partial charge is 0.317 e. The first-order valence-corrected chi connectivity index (χ1v) is 5.69. The van der Waals surface area contributed by atoms with E-state index in [2.05, 4.69) is 22.3 Å². The monoisotopic (exact) mass is 222 g/mol. The average molecular weight is 222 g/mol. The molecule has 0 atom stereocenters. The van der Waals surface area contributed by atoms with Crippen LogP contribution in [0.25, 0.3) is 0 Å². The zero-order valence-electron chi connectivity index (χ0n) is 9.86. The molecule has 16 heavy (non-hydrogen) atoms. The van der Waals surface area contributed by atoms with Crippen LogP contribution < -0.4 is 5.32 Å². The van der Waals surface area contributed by atoms with Crippen LogP contribution in [0.3, 0.4) is 0 Å². The van der Waals surface area contributed by atoms with Crippen molar-refractivity contribution in [2.75, 3.05) is 13.1 Å². The molecule has 0 radical (unpaired) electrons. The van der Waals surface area contributed by atoms with Crippen LogP contribution in [0.5, 0.6) is 0 Å². The lowest BCUT2D eigenvalue weighted by molar-refractivity contribution is -0.128. The summed E-state index contributed by atoms with van der Waals surface area (Å²) in [6.07, 6.45) is 3.73. The van der Waals surface area contributed by atoms with Crippen molar-refractivity contribution in [3.05, 3.63) is 12.2 Å². The Morgan fingerprint density at radius 3 is 2.81 bits per heavy atom. The van der Waals surface area contributed by atoms with Gasteiger partial charge in [-0.25, -0.2) is 4.98 Å². The Bertz CT molecular complexity index is 379. The lowest BCUT2D eigenvalue weighted by Gasteiger charge is -2.32. The number of piperidine rings is 1. The molecule has 1 aromatic rings. The molecule has 0 unspecified atom stereocenters. The molecule has 0 saturated carbocycles. The molecule has 1 aromatic heterocycles. The molecular weight excluding hydrogens is 204 g/mol. The second-order valence-corrected chi connectivity index (χ2v) is 4.71. The summed E-state index contributed by atoms with van der Waals surface area (Å²) >= 11 is 0. The smallest absolute Gasteiger partial charge is 0.146 e. The summed E-state index contributed by atoms with van der Waals surface area (Å²) in [5, 5.41) is 7.26. The predicted molar refractivity (Wildman–Crippen MR) is 59.9 cm³/mol. The van der Waals surface area contributed by atoms with Gasteiger partial charge in [0.15, 0.2) is 0 Å². The quantitative estimate of drug-likeness (QED) is 0.800. The Balaban J connectivity index is 2.05. The van der Waals surface area contributed by atoms with Gasteiger partial charge in [0.25, 0.3) is 0 Å². The first-order valence-electron chi connectivity index (χ1n) is 5.69. The van der Waals surface area contributed by atoms with Gasteiger partial charge in [-0.3, -0.25) is 9.48 Å². The minimum atomic E-state index is -0.183. The van der Waals surface area contributed by atoms with Crippen LogP contribution in [0.2, 0.25) is 0 Å². The number of Topliss-reactive ketones (excluding diaryl/α,β-unsaturated/α-hetero) is 1. The number of aromatic nitrogens is 3. The van der Waals surface area contributed by atoms with E-state index in [4.69, 9.17) is 0 Å². The van der Waals surface area contributed by atoms with Crippen molar-refractivity contribution in [3.63, 3.8) is 0 Å². The zero-order valence-corrected chi connectivity index (χ0v) is 9.86. The van der Waals surface area contributed by atoms with Gasteiger partial charge in [0.05, 0.1) is 6.42 Å². The van der Waals surface area contributed by atoms with E-state index in [1.165, 1.54) is 6.33 Å². The van der Waals surface area contributed by atoms with Gasteiger partial charge in [0.2, 0.25) is 0 Å². The molecule has 2 heterocycles. The van der Waals surface area contributed by atoms with E-state index in [1.807, 2.05) is 7.05 Å². The number of ketones is 1. The number of nitrogens with zero attached hydrogens (tertiary/aromatic N) is 3. The third-order valence-electron chi connectivity index (χ3n) is 3.50. The fourth-order valence-electron chi connectivity index (χ4n) is 2.09. The highest BCUT2D eigenvalue weighted by atomic mass is 16.1. The molecule has 0 amide bonds. The van der Waals surface area contributed by atoms with Crippen molar-refractivity contribution in [2.45, 2.75) is 26.2 Å². The van der Waals surface area contributed by atoms with E-state index >= 15 is 0 Å². The third-order valence-corrected chi connectivity index (χ3v) is 3.50. The van der Waals surface area contributed by atoms with E-state index in [1.54, 1.807) is 4.68 Å². The van der Waals surface area contributed by atoms with Gasteiger partial charge in [0.1, 0.15) is 17.9 Å². The van der Waals surface area contributed by atoms with Crippen molar-refractivity contribution in [1.82, 2.24) is 20.1 Å². The van der Waals surface area contributed by atoms with E-state index in [-0.39, 0.29) is 11.2 Å². The van der Waals surface area contributed by atoms with Gasteiger partial charge in [0, 0.05) is 12.5 Å². The molecular formula is C11H18N4O. The molecule has 1 saturated heterocycles. The summed E-state index contributed by atoms with van der Waals surface area (Å²) in [6, 6.07) is 0. The van der Waals surface area contributed by atoms with Crippen LogP contribution >= 0.6 is 0 Å². The van der Waals surface area contributed by atoms with Crippen LogP contribution in [-0.2, 0) is 18.3 Å². The highest BCUT2D eigenvalue weighted by Crippen LogP contribution is 2.29. The summed E-state index contributed by atoms with van der Waals surface area (Å²) in [7, 11) is 1.82. The first kappa shape index (κ1) is 11.3. The average Bonchev–Trinajstić information content (AvgIpc) is 2.65. The van der Waals surface area contributed by atoms with Crippen molar-refractivity contribution in [3.8, 4) is 0 Å². The highest BCUT2D eigenvalue weighted by molar-refractivity contribution is 5.86. The number of carbonyl (C=O) groups excluding carboxylic acids is 1. The molecule has 0 aromatic carbocycles. The van der Waals surface area contributed by atoms with Gasteiger partial charge >= 0.3 is 0 Å². The first-order chi connectivity index (χ1) is 7.62. The Labute approximate surface area is 95.2 Å². The van der Waals surface area contributed by atoms with Crippen LogP contribution in [0.4, 0.5) is 0 Å². The lowest BCUT2D eigenvalue weighted by Crippen LogP contribution is -2.41. The molecule has 0 aliphatic carbocycles. The molecule has 5 nitrogen and oxygen atoms in total. The Morgan fingerprint density at radius 2 is 2.25 bits per heavy atom. The molecule has 88 valence electrons. The van der Waals surface area contributed by atoms with E-state index in [0.717, 1.165) is 31.8 Å². The van der Waals surface area contributed by atoms with Gasteiger partial charge < -0.3 is 5.32 Å². The van der Waals surface area contributed by atoms with E-state index in [0.29, 0.717) is 6.42 Å². The Hall–Kier alpha value is -1.23. The van der Waals surface area contributed by atoms with Crippen LogP contribution in [-0.4, -0.2) is 33.6 Å². The molecule has 1 aliphatic heterocycles. The maximum atomic E-state index is 12.2. The fraction of sp³-hybridized carbons (Fsp3) is 0.727. The molecule has 1 N–H and O–H groups in total. The van der Waals surface area contributed by atoms with Crippen molar-refractivity contribution in [2.24, 2.45) is 12.5 Å². The van der Waals surface area contributed by atoms with Crippen molar-refractivity contribution in [1.29, 1.82) is 0 Å². The van der Waals surface area contributed by atoms with Crippen LogP contribution in [0, 0.1) is 5.41 Å². The maximum Gasteiger partial charge on any atom is 0.146 e. The molecule has 2 rings (SSSR count). The summed E-state index contributed by atoms with van der Waals surface area (Å²) < 4.78 is 1.67. The summed E-state index contributed by atoms with van der Waals surface area (Å²) in [4.78, 5) is 16.3. The molecule has 5 heteroatoms. The summed E-state index contributed by atoms with van der Waals surface area (Å²) in [5.74, 6) is 1.04. The lowest BCUT2D eigenvalue weighted by atomic mass is 9.76. The van der Waals surface area contributed by atoms with Crippen molar-refractivity contribution >= 4 is 5.78 Å². The van der Waals surface area contributed by atoms with E-state index < -0.39 is 0 Å². The second-order valence-electron chi connectivity index (χ2n) is 4.71. The topological polar surface area (TPSA) is 59.8 Å². The number of nitrogens with one attached hydrogen (secondary N) is 1. The molecule has 1 fully saturated rings. The maximum absolute atomic E-state index is 12.2. The molecule has 1 aliphatic rings. The second kappa shape index (κ2) is 4.33. The molecule has 0 bridgehead atoms. The number of hydrogen-bond acceptors (Lipinski definition) is 4. The van der Waals surface area contributed by atoms with Gasteiger partial charge in [-0.05, 0) is 25.9 Å². The van der Waals surface area contributed by atoms with Gasteiger partial charge in [-0.15, -0.1) is 0 Å². The highest BCUT2D eigenvalue weighted by Gasteiger charge is 2.34. The summed E-state index contributed by atoms with van der Waals surface area (Å²) in [6.45, 7) is 3.93.